The van der Waals surface area contributed by atoms with Crippen LogP contribution in [0.2, 0.25) is 0 Å². The Bertz CT molecular complexity index is 3730. The average molecular weight is 1280 g/mol. The van der Waals surface area contributed by atoms with Gasteiger partial charge in [0.1, 0.15) is 49.4 Å². The average Bonchev–Trinajstić information content (AvgIpc) is 2.01. The van der Waals surface area contributed by atoms with E-state index in [0.29, 0.717) is 132 Å². The van der Waals surface area contributed by atoms with Crippen molar-refractivity contribution in [3.63, 3.8) is 0 Å². The number of hydrogen-bond donors (Lipinski definition) is 0. The van der Waals surface area contributed by atoms with Crippen LogP contribution in [0.4, 0.5) is 0 Å². The Morgan fingerprint density at radius 3 is 1.12 bits per heavy atom. The van der Waals surface area contributed by atoms with Crippen LogP contribution in [0.5, 0.6) is 23.0 Å². The van der Waals surface area contributed by atoms with Gasteiger partial charge in [0, 0.05) is 61.0 Å². The molecule has 6 aromatic carbocycles. The Kier molecular flexibility index (Phi) is 27.5. The number of nitrogens with zero attached hydrogens (tertiary/aromatic N) is 4. The van der Waals surface area contributed by atoms with Crippen LogP contribution < -0.4 is 18.9 Å². The van der Waals surface area contributed by atoms with E-state index in [4.69, 9.17) is 76.8 Å². The molecule has 8 bridgehead atoms. The van der Waals surface area contributed by atoms with Crippen LogP contribution in [0.1, 0.15) is 11.3 Å². The summed E-state index contributed by atoms with van der Waals surface area (Å²) in [5.74, 6) is 3.22. The predicted molar refractivity (Wildman–Crippen MR) is 353 cm³/mol. The molecule has 17 heteroatoms. The Balaban J connectivity index is 0.000000213. The molecule has 7 heterocycles. The zero-order valence-electron chi connectivity index (χ0n) is 51.6. The summed E-state index contributed by atoms with van der Waals surface area (Å²) in [5, 5.41) is 4.26. The van der Waals surface area contributed by atoms with Crippen LogP contribution in [-0.2, 0) is 55.0 Å². The zero-order valence-corrected chi connectivity index (χ0v) is 52.5. The molecule has 4 aromatic heterocycles. The molecule has 3 aliphatic rings. The van der Waals surface area contributed by atoms with Crippen LogP contribution >= 0.6 is 0 Å². The van der Waals surface area contributed by atoms with Crippen molar-refractivity contribution in [2.24, 2.45) is 0 Å². The maximum atomic E-state index is 5.86. The Morgan fingerprint density at radius 2 is 0.681 bits per heavy atom. The van der Waals surface area contributed by atoms with Crippen LogP contribution in [0.3, 0.4) is 0 Å². The number of rotatable bonds is 19. The second-order valence-electron chi connectivity index (χ2n) is 20.9. The van der Waals surface area contributed by atoms with Gasteiger partial charge in [-0.2, -0.15) is 0 Å². The van der Waals surface area contributed by atoms with E-state index in [2.05, 4.69) is 55.5 Å². The number of aromatic nitrogens is 4. The van der Waals surface area contributed by atoms with Crippen molar-refractivity contribution in [1.29, 1.82) is 0 Å². The van der Waals surface area contributed by atoms with E-state index >= 15 is 0 Å². The number of aryl methyl sites for hydroxylation is 2. The van der Waals surface area contributed by atoms with Crippen molar-refractivity contribution in [1.82, 2.24) is 19.9 Å². The molecule has 91 heavy (non-hydrogen) atoms. The first-order valence-electron chi connectivity index (χ1n) is 30.7. The predicted octanol–water partition coefficient (Wildman–Crippen LogP) is 13.7. The van der Waals surface area contributed by atoms with E-state index in [1.165, 1.54) is 5.56 Å². The van der Waals surface area contributed by atoms with Gasteiger partial charge in [-0.05, 0) is 123 Å². The molecule has 13 rings (SSSR count). The SMILES string of the molecule is C1=C\COCCOCCOc2ccc(cc2)-c2ccc3ccc4ccc(nc4c3n2)-c2ccc(cc2)OCCOCCOC/1.Cc1ccc(OCCOCCOC/C=C\COCCOCCOc2ccc(-c3ccc4ccc5ccc(C)nc5c4n3)cc2)cc1.[Cu]. The standard InChI is InChI=1S/C38H42N2O6.C36H36N2O6.Cu/c1-29-5-14-34(15-6-29)45-27-25-43-23-21-41-19-3-4-20-42-22-24-44-26-28-46-35-16-11-31(12-17-35)36-18-13-33-10-9-32-8-7-30(2)39-37(32)38(33)40-36;1-2-18-40-20-22-42-24-26-44-32-13-7-28(8-14-32)34-16-10-30-4-3-29-9-15-33(37-35(29)36(30)38-34)27-5-11-31(12-6-27)43-25-23-41-21-19-39-17-1;/h3-18H,19-28H2,1-2H3;1-16H,17-26H2;/b4-3-;2-1-;. The number of pyridine rings is 4. The topological polar surface area (TPSA) is 162 Å². The minimum absolute atomic E-state index is 0. The molecule has 0 spiro atoms. The summed E-state index contributed by atoms with van der Waals surface area (Å²) < 4.78 is 67.8. The third-order valence-corrected chi connectivity index (χ3v) is 14.3. The van der Waals surface area contributed by atoms with E-state index in [0.717, 1.165) is 106 Å². The quantitative estimate of drug-likeness (QED) is 0.0325. The molecule has 0 saturated heterocycles. The first kappa shape index (κ1) is 67.2. The first-order chi connectivity index (χ1) is 44.5. The summed E-state index contributed by atoms with van der Waals surface area (Å²) >= 11 is 0. The summed E-state index contributed by atoms with van der Waals surface area (Å²) in [6.45, 7) is 14.2. The second kappa shape index (κ2) is 37.2. The Morgan fingerprint density at radius 1 is 0.341 bits per heavy atom. The summed E-state index contributed by atoms with van der Waals surface area (Å²) in [4.78, 5) is 19.8. The molecule has 0 unspecified atom stereocenters. The fourth-order valence-corrected chi connectivity index (χ4v) is 9.55. The monoisotopic (exact) mass is 1280 g/mol. The Hall–Kier alpha value is -8.16. The molecule has 16 nitrogen and oxygen atoms in total. The molecule has 0 fully saturated rings. The molecule has 3 aliphatic heterocycles. The van der Waals surface area contributed by atoms with Crippen LogP contribution in [-0.4, -0.2) is 152 Å². The van der Waals surface area contributed by atoms with Crippen molar-refractivity contribution >= 4 is 43.6 Å². The number of ether oxygens (including phenoxy) is 12. The number of fused-ring (bicyclic) bond motifs is 5. The molecular weight excluding hydrogens is 1200 g/mol. The largest absolute Gasteiger partial charge is 0.491 e. The first-order valence-corrected chi connectivity index (χ1v) is 30.7. The van der Waals surface area contributed by atoms with Crippen molar-refractivity contribution in [3.8, 4) is 56.8 Å². The minimum Gasteiger partial charge on any atom is -0.491 e. The van der Waals surface area contributed by atoms with Gasteiger partial charge in [-0.25, -0.2) is 15.0 Å². The molecule has 477 valence electrons. The van der Waals surface area contributed by atoms with Gasteiger partial charge >= 0.3 is 0 Å². The third kappa shape index (κ3) is 21.5. The third-order valence-electron chi connectivity index (χ3n) is 14.3. The second-order valence-corrected chi connectivity index (χ2v) is 20.9. The van der Waals surface area contributed by atoms with E-state index in [1.54, 1.807) is 0 Å². The number of benzene rings is 6. The maximum absolute atomic E-state index is 5.86. The van der Waals surface area contributed by atoms with Gasteiger partial charge in [-0.1, -0.05) is 90.5 Å². The fourth-order valence-electron chi connectivity index (χ4n) is 9.55. The van der Waals surface area contributed by atoms with Crippen LogP contribution in [0.15, 0.2) is 194 Å². The maximum Gasteiger partial charge on any atom is 0.119 e. The summed E-state index contributed by atoms with van der Waals surface area (Å²) in [6.07, 6.45) is 7.76. The molecule has 0 saturated carbocycles. The van der Waals surface area contributed by atoms with Crippen molar-refractivity contribution in [2.45, 2.75) is 13.8 Å². The minimum atomic E-state index is 0. The van der Waals surface area contributed by atoms with E-state index in [9.17, 15) is 0 Å². The van der Waals surface area contributed by atoms with Gasteiger partial charge in [0.25, 0.3) is 0 Å². The fraction of sp³-hybridized carbons (Fsp3) is 0.297. The molecule has 0 aliphatic carbocycles. The smallest absolute Gasteiger partial charge is 0.119 e. The Labute approximate surface area is 542 Å². The van der Waals surface area contributed by atoms with Gasteiger partial charge in [0.05, 0.1) is 145 Å². The van der Waals surface area contributed by atoms with Gasteiger partial charge < -0.3 is 56.8 Å². The zero-order chi connectivity index (χ0) is 61.6. The van der Waals surface area contributed by atoms with Crippen molar-refractivity contribution in [3.05, 3.63) is 205 Å². The van der Waals surface area contributed by atoms with Gasteiger partial charge in [-0.3, -0.25) is 4.98 Å². The van der Waals surface area contributed by atoms with E-state index < -0.39 is 0 Å². The van der Waals surface area contributed by atoms with Crippen molar-refractivity contribution in [2.75, 3.05) is 132 Å². The van der Waals surface area contributed by atoms with Crippen LogP contribution in [0.25, 0.3) is 77.4 Å². The van der Waals surface area contributed by atoms with Gasteiger partial charge in [-0.15, -0.1) is 0 Å². The van der Waals surface area contributed by atoms with Gasteiger partial charge in [0.2, 0.25) is 0 Å². The summed E-state index contributed by atoms with van der Waals surface area (Å²) in [6, 6.07) is 56.8. The van der Waals surface area contributed by atoms with E-state index in [-0.39, 0.29) is 17.1 Å². The molecule has 0 N–H and O–H groups in total. The summed E-state index contributed by atoms with van der Waals surface area (Å²) in [7, 11) is 0. The number of hydrogen-bond acceptors (Lipinski definition) is 16. The van der Waals surface area contributed by atoms with E-state index in [1.807, 2.05) is 153 Å². The molecule has 0 atom stereocenters. The van der Waals surface area contributed by atoms with Gasteiger partial charge in [0.15, 0.2) is 0 Å². The molecule has 0 amide bonds. The summed E-state index contributed by atoms with van der Waals surface area (Å²) in [5.41, 5.74) is 11.5. The molecule has 10 aromatic rings. The molecular formula is C74H78CuN4O12. The van der Waals surface area contributed by atoms with Crippen molar-refractivity contribution < 1.29 is 73.9 Å². The normalized spacial score (nSPS) is 14.0. The van der Waals surface area contributed by atoms with Crippen LogP contribution in [0, 0.1) is 13.8 Å². The molecule has 1 radical (unpaired) electrons.